The fourth-order valence-corrected chi connectivity index (χ4v) is 4.09. The Morgan fingerprint density at radius 3 is 2.80 bits per heavy atom. The number of hydrogen-bond donors (Lipinski definition) is 1. The van der Waals surface area contributed by atoms with E-state index in [4.69, 9.17) is 4.98 Å². The molecule has 0 amide bonds. The summed E-state index contributed by atoms with van der Waals surface area (Å²) in [5.41, 5.74) is 4.41. The van der Waals surface area contributed by atoms with Gasteiger partial charge < -0.3 is 9.55 Å². The fourth-order valence-electron chi connectivity index (χ4n) is 4.09. The van der Waals surface area contributed by atoms with E-state index in [0.29, 0.717) is 24.5 Å². The van der Waals surface area contributed by atoms with Gasteiger partial charge in [0.1, 0.15) is 18.0 Å². The highest BCUT2D eigenvalue weighted by Gasteiger charge is 2.23. The lowest BCUT2D eigenvalue weighted by Gasteiger charge is -2.27. The Morgan fingerprint density at radius 1 is 1.13 bits per heavy atom. The van der Waals surface area contributed by atoms with Crippen molar-refractivity contribution in [1.82, 2.24) is 34.4 Å². The minimum absolute atomic E-state index is 0.0920. The predicted octanol–water partition coefficient (Wildman–Crippen LogP) is 2.54. The van der Waals surface area contributed by atoms with Gasteiger partial charge in [-0.1, -0.05) is 19.1 Å². The number of H-pyrrole nitrogens is 1. The summed E-state index contributed by atoms with van der Waals surface area (Å²) >= 11 is 0. The number of rotatable bonds is 5. The first-order valence-electron chi connectivity index (χ1n) is 10.3. The molecule has 1 aliphatic heterocycles. The number of aromatic amines is 1. The Morgan fingerprint density at radius 2 is 1.97 bits per heavy atom. The topological polar surface area (TPSA) is 92.6 Å². The van der Waals surface area contributed by atoms with Gasteiger partial charge >= 0.3 is 0 Å². The zero-order valence-electron chi connectivity index (χ0n) is 16.9. The van der Waals surface area contributed by atoms with Gasteiger partial charge in [0, 0.05) is 38.4 Å². The standard InChI is InChI=1S/C22H23N7O/c1-2-8-29-19-6-4-3-5-18(19)25-20(29)13-28-9-7-17-16(12-28)22(30)27-21(26-17)15-10-23-14-24-11-15/h3-6,10-11,14H,2,7-9,12-13H2,1H3,(H,26,27,30). The molecule has 0 saturated heterocycles. The van der Waals surface area contributed by atoms with Crippen LogP contribution in [0, 0.1) is 0 Å². The van der Waals surface area contributed by atoms with Gasteiger partial charge in [0.2, 0.25) is 0 Å². The second kappa shape index (κ2) is 7.79. The maximum atomic E-state index is 12.8. The first-order valence-corrected chi connectivity index (χ1v) is 10.3. The van der Waals surface area contributed by atoms with E-state index in [1.54, 1.807) is 12.4 Å². The number of para-hydroxylation sites is 2. The van der Waals surface area contributed by atoms with Gasteiger partial charge in [0.25, 0.3) is 5.56 Å². The molecule has 0 fully saturated rings. The van der Waals surface area contributed by atoms with Gasteiger partial charge in [-0.2, -0.15) is 0 Å². The molecule has 4 heterocycles. The van der Waals surface area contributed by atoms with Crippen molar-refractivity contribution in [3.63, 3.8) is 0 Å². The molecule has 8 heteroatoms. The average molecular weight is 401 g/mol. The quantitative estimate of drug-likeness (QED) is 0.552. The Labute approximate surface area is 173 Å². The molecule has 30 heavy (non-hydrogen) atoms. The highest BCUT2D eigenvalue weighted by Crippen LogP contribution is 2.22. The summed E-state index contributed by atoms with van der Waals surface area (Å²) in [7, 11) is 0. The molecule has 4 aromatic rings. The van der Waals surface area contributed by atoms with E-state index >= 15 is 0 Å². The van der Waals surface area contributed by atoms with E-state index < -0.39 is 0 Å². The first-order chi connectivity index (χ1) is 14.7. The van der Waals surface area contributed by atoms with Crippen molar-refractivity contribution in [3.05, 3.63) is 70.4 Å². The monoisotopic (exact) mass is 401 g/mol. The molecule has 1 aliphatic rings. The molecule has 1 aromatic carbocycles. The van der Waals surface area contributed by atoms with E-state index in [0.717, 1.165) is 48.5 Å². The number of aryl methyl sites for hydroxylation is 1. The van der Waals surface area contributed by atoms with Crippen LogP contribution >= 0.6 is 0 Å². The van der Waals surface area contributed by atoms with Crippen LogP contribution in [0.1, 0.15) is 30.4 Å². The zero-order chi connectivity index (χ0) is 20.5. The molecule has 0 unspecified atom stereocenters. The van der Waals surface area contributed by atoms with Crippen molar-refractivity contribution < 1.29 is 0 Å². The van der Waals surface area contributed by atoms with Crippen LogP contribution < -0.4 is 5.56 Å². The van der Waals surface area contributed by atoms with E-state index in [-0.39, 0.29) is 5.56 Å². The van der Waals surface area contributed by atoms with Crippen molar-refractivity contribution in [3.8, 4) is 11.4 Å². The molecule has 1 N–H and O–H groups in total. The molecule has 152 valence electrons. The number of fused-ring (bicyclic) bond motifs is 2. The lowest BCUT2D eigenvalue weighted by atomic mass is 10.1. The maximum Gasteiger partial charge on any atom is 0.255 e. The summed E-state index contributed by atoms with van der Waals surface area (Å²) in [6.07, 6.45) is 6.56. The molecule has 0 saturated carbocycles. The highest BCUT2D eigenvalue weighted by atomic mass is 16.1. The Balaban J connectivity index is 1.42. The van der Waals surface area contributed by atoms with E-state index in [9.17, 15) is 4.79 Å². The van der Waals surface area contributed by atoms with Crippen LogP contribution in [0.2, 0.25) is 0 Å². The SMILES string of the molecule is CCCn1c(CN2CCc3nc(-c4cncnc4)[nH]c(=O)c3C2)nc2ccccc21. The lowest BCUT2D eigenvalue weighted by molar-refractivity contribution is 0.233. The predicted molar refractivity (Wildman–Crippen MR) is 114 cm³/mol. The molecule has 5 rings (SSSR count). The van der Waals surface area contributed by atoms with Gasteiger partial charge in [-0.15, -0.1) is 0 Å². The Kier molecular flexibility index (Phi) is 4.84. The van der Waals surface area contributed by atoms with Gasteiger partial charge in [-0.3, -0.25) is 9.69 Å². The van der Waals surface area contributed by atoms with Crippen LogP contribution in [0.3, 0.4) is 0 Å². The van der Waals surface area contributed by atoms with E-state index in [1.807, 2.05) is 6.07 Å². The molecule has 0 bridgehead atoms. The molecule has 0 aliphatic carbocycles. The third-order valence-electron chi connectivity index (χ3n) is 5.53. The number of benzene rings is 1. The smallest absolute Gasteiger partial charge is 0.255 e. The average Bonchev–Trinajstić information content (AvgIpc) is 3.12. The number of nitrogens with one attached hydrogen (secondary N) is 1. The summed E-state index contributed by atoms with van der Waals surface area (Å²) in [5, 5.41) is 0. The molecule has 3 aromatic heterocycles. The zero-order valence-corrected chi connectivity index (χ0v) is 16.9. The first kappa shape index (κ1) is 18.6. The third-order valence-corrected chi connectivity index (χ3v) is 5.53. The van der Waals surface area contributed by atoms with Crippen LogP contribution in [0.25, 0.3) is 22.4 Å². The maximum absolute atomic E-state index is 12.8. The second-order valence-corrected chi connectivity index (χ2v) is 7.60. The van der Waals surface area contributed by atoms with Crippen LogP contribution in [-0.2, 0) is 26.1 Å². The van der Waals surface area contributed by atoms with Crippen molar-refractivity contribution in [2.45, 2.75) is 39.4 Å². The molecular weight excluding hydrogens is 378 g/mol. The van der Waals surface area contributed by atoms with Crippen LogP contribution in [0.5, 0.6) is 0 Å². The largest absolute Gasteiger partial charge is 0.327 e. The Bertz CT molecular complexity index is 1250. The van der Waals surface area contributed by atoms with Gasteiger partial charge in [0.05, 0.1) is 34.4 Å². The minimum atomic E-state index is -0.0920. The van der Waals surface area contributed by atoms with Crippen molar-refractivity contribution in [1.29, 1.82) is 0 Å². The summed E-state index contributed by atoms with van der Waals surface area (Å²) < 4.78 is 2.30. The molecule has 0 atom stereocenters. The summed E-state index contributed by atoms with van der Waals surface area (Å²) in [4.78, 5) is 35.5. The number of imidazole rings is 1. The highest BCUT2D eigenvalue weighted by molar-refractivity contribution is 5.75. The van der Waals surface area contributed by atoms with Gasteiger partial charge in [0.15, 0.2) is 0 Å². The van der Waals surface area contributed by atoms with Crippen molar-refractivity contribution >= 4 is 11.0 Å². The van der Waals surface area contributed by atoms with Gasteiger partial charge in [-0.05, 0) is 18.6 Å². The number of hydrogen-bond acceptors (Lipinski definition) is 6. The number of nitrogens with zero attached hydrogens (tertiary/aromatic N) is 6. The fraction of sp³-hybridized carbons (Fsp3) is 0.318. The van der Waals surface area contributed by atoms with E-state index in [1.165, 1.54) is 11.8 Å². The van der Waals surface area contributed by atoms with Crippen LogP contribution in [0.15, 0.2) is 47.8 Å². The minimum Gasteiger partial charge on any atom is -0.327 e. The summed E-state index contributed by atoms with van der Waals surface area (Å²) in [6.45, 7) is 5.23. The van der Waals surface area contributed by atoms with Gasteiger partial charge in [-0.25, -0.2) is 19.9 Å². The molecule has 0 spiro atoms. The normalized spacial score (nSPS) is 14.2. The van der Waals surface area contributed by atoms with E-state index in [2.05, 4.69) is 54.5 Å². The molecule has 0 radical (unpaired) electrons. The van der Waals surface area contributed by atoms with Crippen molar-refractivity contribution in [2.75, 3.05) is 6.54 Å². The van der Waals surface area contributed by atoms with Crippen LogP contribution in [0.4, 0.5) is 0 Å². The summed E-state index contributed by atoms with van der Waals surface area (Å²) in [5.74, 6) is 1.57. The summed E-state index contributed by atoms with van der Waals surface area (Å²) in [6, 6.07) is 8.25. The molecule has 8 nitrogen and oxygen atoms in total. The molecular formula is C22H23N7O. The van der Waals surface area contributed by atoms with Crippen molar-refractivity contribution in [2.24, 2.45) is 0 Å². The Hall–Kier alpha value is -3.39. The third kappa shape index (κ3) is 3.39. The number of aromatic nitrogens is 6. The van der Waals surface area contributed by atoms with Crippen LogP contribution in [-0.4, -0.2) is 40.9 Å². The lowest BCUT2D eigenvalue weighted by Crippen LogP contribution is -2.36. The second-order valence-electron chi connectivity index (χ2n) is 7.60.